The summed E-state index contributed by atoms with van der Waals surface area (Å²) in [6, 6.07) is 5.49. The first kappa shape index (κ1) is 29.4. The quantitative estimate of drug-likeness (QED) is 0.324. The Hall–Kier alpha value is -2.10. The molecule has 10 heteroatoms. The number of ether oxygens (including phenoxy) is 1. The zero-order chi connectivity index (χ0) is 28.1. The third-order valence-electron chi connectivity index (χ3n) is 9.40. The highest BCUT2D eigenvalue weighted by Crippen LogP contribution is 2.42. The highest BCUT2D eigenvalue weighted by molar-refractivity contribution is 9.09. The van der Waals surface area contributed by atoms with Gasteiger partial charge in [-0.15, -0.1) is 0 Å². The summed E-state index contributed by atoms with van der Waals surface area (Å²) < 4.78 is 5.60. The fraction of sp³-hybridized carbons (Fsp3) is 0.633. The van der Waals surface area contributed by atoms with Crippen LogP contribution >= 0.6 is 27.5 Å². The van der Waals surface area contributed by atoms with E-state index in [1.54, 1.807) is 20.2 Å². The van der Waals surface area contributed by atoms with Crippen LogP contribution in [0.3, 0.4) is 0 Å². The molecular formula is C30H42BrClN6O2. The van der Waals surface area contributed by atoms with Crippen LogP contribution in [0.5, 0.6) is 5.75 Å². The van der Waals surface area contributed by atoms with Crippen molar-refractivity contribution < 1.29 is 9.53 Å². The molecular weight excluding hydrogens is 592 g/mol. The lowest BCUT2D eigenvalue weighted by atomic mass is 9.71. The maximum Gasteiger partial charge on any atom is 0.253 e. The minimum Gasteiger partial charge on any atom is -0.495 e. The molecule has 3 aliphatic rings. The van der Waals surface area contributed by atoms with Crippen molar-refractivity contribution in [1.82, 2.24) is 19.8 Å². The number of piperidine rings is 2. The molecule has 1 aromatic heterocycles. The third kappa shape index (κ3) is 6.85. The minimum absolute atomic E-state index is 0.0661. The average Bonchev–Trinajstić information content (AvgIpc) is 3.00. The van der Waals surface area contributed by atoms with E-state index in [4.69, 9.17) is 16.3 Å². The van der Waals surface area contributed by atoms with E-state index in [-0.39, 0.29) is 5.91 Å². The Morgan fingerprint density at radius 2 is 1.77 bits per heavy atom. The van der Waals surface area contributed by atoms with Crippen molar-refractivity contribution >= 4 is 50.9 Å². The lowest BCUT2D eigenvalue weighted by Crippen LogP contribution is -2.49. The molecule has 0 radical (unpaired) electrons. The third-order valence-corrected chi connectivity index (χ3v) is 10.6. The Morgan fingerprint density at radius 3 is 2.42 bits per heavy atom. The molecule has 40 heavy (non-hydrogen) atoms. The lowest BCUT2D eigenvalue weighted by molar-refractivity contribution is 0.0248. The van der Waals surface area contributed by atoms with Gasteiger partial charge in [-0.25, -0.2) is 4.98 Å². The standard InChI is InChI=1S/C30H42BrClN6O2/c1-33-27-24(32)19-34-29(36-27)35-25-8-7-23(17-26(25)40-2)28(39)38-15-11-30(12-16-38)9-13-37(14-10-30)20-22-5-3-21(18-31)4-6-22/h7-8,17,19,21-22H,3-6,9-16,18,20H2,1-2H3,(H2,33,34,35,36). The van der Waals surface area contributed by atoms with Crippen LogP contribution in [0.15, 0.2) is 24.4 Å². The Balaban J connectivity index is 1.13. The van der Waals surface area contributed by atoms with Gasteiger partial charge in [0, 0.05) is 37.6 Å². The number of carbonyl (C=O) groups is 1. The summed E-state index contributed by atoms with van der Waals surface area (Å²) in [6.45, 7) is 5.35. The van der Waals surface area contributed by atoms with Crippen molar-refractivity contribution in [2.45, 2.75) is 51.4 Å². The maximum atomic E-state index is 13.4. The molecule has 2 saturated heterocycles. The van der Waals surface area contributed by atoms with Gasteiger partial charge in [-0.2, -0.15) is 4.98 Å². The van der Waals surface area contributed by atoms with Crippen LogP contribution in [-0.2, 0) is 0 Å². The summed E-state index contributed by atoms with van der Waals surface area (Å²) in [5, 5.41) is 7.72. The molecule has 5 rings (SSSR count). The molecule has 1 spiro atoms. The summed E-state index contributed by atoms with van der Waals surface area (Å²) in [6.07, 6.45) is 11.8. The number of alkyl halides is 1. The summed E-state index contributed by atoms with van der Waals surface area (Å²) in [4.78, 5) is 26.8. The van der Waals surface area contributed by atoms with Gasteiger partial charge in [0.05, 0.1) is 19.0 Å². The van der Waals surface area contributed by atoms with Gasteiger partial charge in [-0.3, -0.25) is 4.79 Å². The largest absolute Gasteiger partial charge is 0.495 e. The molecule has 0 unspecified atom stereocenters. The van der Waals surface area contributed by atoms with Gasteiger partial charge < -0.3 is 25.2 Å². The number of nitrogens with one attached hydrogen (secondary N) is 2. The molecule has 1 aromatic carbocycles. The lowest BCUT2D eigenvalue weighted by Gasteiger charge is -2.47. The van der Waals surface area contributed by atoms with Crippen molar-refractivity contribution in [2.24, 2.45) is 17.3 Å². The number of amides is 1. The number of hydrogen-bond acceptors (Lipinski definition) is 7. The molecule has 3 fully saturated rings. The van der Waals surface area contributed by atoms with E-state index in [1.807, 2.05) is 17.0 Å². The normalized spacial score (nSPS) is 23.1. The zero-order valence-electron chi connectivity index (χ0n) is 23.7. The number of hydrogen-bond donors (Lipinski definition) is 2. The van der Waals surface area contributed by atoms with E-state index in [1.165, 1.54) is 69.7 Å². The second kappa shape index (κ2) is 13.3. The van der Waals surface area contributed by atoms with Crippen molar-refractivity contribution in [3.63, 3.8) is 0 Å². The fourth-order valence-electron chi connectivity index (χ4n) is 6.66. The maximum absolute atomic E-state index is 13.4. The highest BCUT2D eigenvalue weighted by Gasteiger charge is 2.39. The molecule has 1 amide bonds. The summed E-state index contributed by atoms with van der Waals surface area (Å²) in [5.74, 6) is 3.33. The summed E-state index contributed by atoms with van der Waals surface area (Å²) in [7, 11) is 3.35. The molecule has 2 aromatic rings. The highest BCUT2D eigenvalue weighted by atomic mass is 79.9. The number of halogens is 2. The van der Waals surface area contributed by atoms with E-state index >= 15 is 0 Å². The first-order valence-corrected chi connectivity index (χ1v) is 16.1. The number of methoxy groups -OCH3 is 1. The number of carbonyl (C=O) groups excluding carboxylic acids is 1. The van der Waals surface area contributed by atoms with Gasteiger partial charge in [0.25, 0.3) is 5.91 Å². The first-order chi connectivity index (χ1) is 19.4. The van der Waals surface area contributed by atoms with Gasteiger partial charge in [-0.05, 0) is 99.9 Å². The van der Waals surface area contributed by atoms with Crippen LogP contribution in [-0.4, -0.2) is 77.9 Å². The summed E-state index contributed by atoms with van der Waals surface area (Å²) in [5.41, 5.74) is 1.72. The first-order valence-electron chi connectivity index (χ1n) is 14.6. The van der Waals surface area contributed by atoms with Crippen LogP contribution in [0.4, 0.5) is 17.5 Å². The Kier molecular flexibility index (Phi) is 9.74. The Bertz CT molecular complexity index is 1160. The zero-order valence-corrected chi connectivity index (χ0v) is 26.1. The van der Waals surface area contributed by atoms with Crippen LogP contribution in [0, 0.1) is 17.3 Å². The second-order valence-electron chi connectivity index (χ2n) is 11.8. The van der Waals surface area contributed by atoms with Crippen molar-refractivity contribution in [1.29, 1.82) is 0 Å². The average molecular weight is 634 g/mol. The topological polar surface area (TPSA) is 82.6 Å². The van der Waals surface area contributed by atoms with E-state index in [0.29, 0.717) is 39.2 Å². The predicted octanol–water partition coefficient (Wildman–Crippen LogP) is 6.44. The Labute approximate surface area is 251 Å². The van der Waals surface area contributed by atoms with Crippen molar-refractivity contribution in [3.8, 4) is 5.75 Å². The molecule has 1 saturated carbocycles. The van der Waals surface area contributed by atoms with Gasteiger partial charge in [0.2, 0.25) is 5.95 Å². The molecule has 3 heterocycles. The Morgan fingerprint density at radius 1 is 1.10 bits per heavy atom. The van der Waals surface area contributed by atoms with Gasteiger partial charge in [-0.1, -0.05) is 27.5 Å². The second-order valence-corrected chi connectivity index (χ2v) is 12.9. The number of anilines is 3. The van der Waals surface area contributed by atoms with Crippen LogP contribution < -0.4 is 15.4 Å². The molecule has 0 atom stereocenters. The molecule has 218 valence electrons. The summed E-state index contributed by atoms with van der Waals surface area (Å²) >= 11 is 9.77. The monoisotopic (exact) mass is 632 g/mol. The van der Waals surface area contributed by atoms with Crippen LogP contribution in [0.25, 0.3) is 0 Å². The minimum atomic E-state index is 0.0661. The van der Waals surface area contributed by atoms with E-state index in [0.717, 1.165) is 37.8 Å². The van der Waals surface area contributed by atoms with Gasteiger partial charge in [0.15, 0.2) is 0 Å². The fourth-order valence-corrected chi connectivity index (χ4v) is 7.49. The van der Waals surface area contributed by atoms with Crippen molar-refractivity contribution in [2.75, 3.05) is 62.8 Å². The molecule has 1 aliphatic carbocycles. The van der Waals surface area contributed by atoms with Gasteiger partial charge in [0.1, 0.15) is 16.6 Å². The van der Waals surface area contributed by atoms with Gasteiger partial charge >= 0.3 is 0 Å². The molecule has 8 nitrogen and oxygen atoms in total. The molecule has 2 N–H and O–H groups in total. The SMILES string of the molecule is CNc1nc(Nc2ccc(C(=O)N3CCC4(CCN(CC5CCC(CBr)CC5)CC4)CC3)cc2OC)ncc1Cl. The molecule has 2 aliphatic heterocycles. The van der Waals surface area contributed by atoms with E-state index in [9.17, 15) is 4.79 Å². The predicted molar refractivity (Wildman–Crippen MR) is 165 cm³/mol. The smallest absolute Gasteiger partial charge is 0.253 e. The number of nitrogens with zero attached hydrogens (tertiary/aromatic N) is 4. The van der Waals surface area contributed by atoms with Crippen molar-refractivity contribution in [3.05, 3.63) is 35.0 Å². The van der Waals surface area contributed by atoms with Crippen LogP contribution in [0.1, 0.15) is 61.7 Å². The number of likely N-dealkylation sites (tertiary alicyclic amines) is 2. The molecule has 0 bridgehead atoms. The number of benzene rings is 1. The van der Waals surface area contributed by atoms with Crippen LogP contribution in [0.2, 0.25) is 5.02 Å². The van der Waals surface area contributed by atoms with E-state index < -0.39 is 0 Å². The number of rotatable bonds is 8. The number of aromatic nitrogens is 2. The van der Waals surface area contributed by atoms with E-state index in [2.05, 4.69) is 41.4 Å².